The van der Waals surface area contributed by atoms with Crippen LogP contribution in [-0.2, 0) is 9.59 Å². The van der Waals surface area contributed by atoms with Crippen molar-refractivity contribution in [1.29, 1.82) is 0 Å². The molecule has 0 radical (unpaired) electrons. The van der Waals surface area contributed by atoms with Gasteiger partial charge >= 0.3 is 0 Å². The predicted octanol–water partition coefficient (Wildman–Crippen LogP) is 0.909. The van der Waals surface area contributed by atoms with E-state index in [2.05, 4.69) is 16.0 Å². The van der Waals surface area contributed by atoms with Gasteiger partial charge in [-0.25, -0.2) is 0 Å². The summed E-state index contributed by atoms with van der Waals surface area (Å²) in [5.74, 6) is 0.201. The fourth-order valence-corrected chi connectivity index (χ4v) is 3.52. The first-order valence-electron chi connectivity index (χ1n) is 8.39. The molecule has 3 heterocycles. The maximum Gasteiger partial charge on any atom is 0.223 e. The molecular weight excluding hydrogens is 292 g/mol. The standard InChI is InChI=1S/C17H24N4O2/c22-14-19-9-11-21(12-10-19)17(23)5-8-20-7-2-4-16(20)15-3-1-6-18-13-15/h1,3,6,13-14,16H,2,4-5,7-12H2/t16-/m1/s1. The van der Waals surface area contributed by atoms with Crippen molar-refractivity contribution in [3.63, 3.8) is 0 Å². The van der Waals surface area contributed by atoms with Gasteiger partial charge in [-0.15, -0.1) is 0 Å². The molecule has 0 N–H and O–H groups in total. The van der Waals surface area contributed by atoms with E-state index in [0.29, 0.717) is 38.6 Å². The maximum absolute atomic E-state index is 12.4. The summed E-state index contributed by atoms with van der Waals surface area (Å²) in [4.78, 5) is 33.3. The molecule has 2 aliphatic rings. The lowest BCUT2D eigenvalue weighted by Gasteiger charge is -2.33. The Balaban J connectivity index is 1.49. The summed E-state index contributed by atoms with van der Waals surface area (Å²) in [7, 11) is 0. The number of hydrogen-bond donors (Lipinski definition) is 0. The average molecular weight is 316 g/mol. The van der Waals surface area contributed by atoms with E-state index in [-0.39, 0.29) is 5.91 Å². The van der Waals surface area contributed by atoms with Crippen LogP contribution in [0.4, 0.5) is 0 Å². The molecule has 1 atom stereocenters. The Hall–Kier alpha value is -1.95. The molecule has 0 saturated carbocycles. The van der Waals surface area contributed by atoms with E-state index < -0.39 is 0 Å². The first-order valence-corrected chi connectivity index (χ1v) is 8.39. The third-order valence-corrected chi connectivity index (χ3v) is 4.86. The first kappa shape index (κ1) is 15.9. The Kier molecular flexibility index (Phi) is 5.23. The highest BCUT2D eigenvalue weighted by molar-refractivity contribution is 5.76. The van der Waals surface area contributed by atoms with Crippen LogP contribution < -0.4 is 0 Å². The van der Waals surface area contributed by atoms with E-state index in [1.807, 2.05) is 17.2 Å². The minimum atomic E-state index is 0.201. The molecule has 0 bridgehead atoms. The fourth-order valence-electron chi connectivity index (χ4n) is 3.52. The van der Waals surface area contributed by atoms with Crippen molar-refractivity contribution < 1.29 is 9.59 Å². The first-order chi connectivity index (χ1) is 11.3. The van der Waals surface area contributed by atoms with Crippen molar-refractivity contribution >= 4 is 12.3 Å². The minimum Gasteiger partial charge on any atom is -0.342 e. The van der Waals surface area contributed by atoms with Gasteiger partial charge in [-0.2, -0.15) is 0 Å². The van der Waals surface area contributed by atoms with E-state index in [9.17, 15) is 9.59 Å². The average Bonchev–Trinajstić information content (AvgIpc) is 3.09. The summed E-state index contributed by atoms with van der Waals surface area (Å²) in [5, 5.41) is 0. The van der Waals surface area contributed by atoms with E-state index in [1.54, 1.807) is 11.1 Å². The van der Waals surface area contributed by atoms with Crippen LogP contribution in [0.1, 0.15) is 30.9 Å². The molecule has 0 spiro atoms. The highest BCUT2D eigenvalue weighted by atomic mass is 16.2. The molecule has 1 aromatic heterocycles. The van der Waals surface area contributed by atoms with Gasteiger partial charge in [-0.05, 0) is 31.0 Å². The van der Waals surface area contributed by atoms with Gasteiger partial charge in [0.15, 0.2) is 0 Å². The number of piperazine rings is 1. The summed E-state index contributed by atoms with van der Waals surface area (Å²) in [6, 6.07) is 4.49. The molecule has 0 unspecified atom stereocenters. The molecule has 2 aliphatic heterocycles. The summed E-state index contributed by atoms with van der Waals surface area (Å²) < 4.78 is 0. The number of likely N-dealkylation sites (tertiary alicyclic amines) is 1. The smallest absolute Gasteiger partial charge is 0.223 e. The Morgan fingerprint density at radius 3 is 2.78 bits per heavy atom. The fraction of sp³-hybridized carbons (Fsp3) is 0.588. The molecule has 2 saturated heterocycles. The maximum atomic E-state index is 12.4. The molecule has 0 aromatic carbocycles. The van der Waals surface area contributed by atoms with Gasteiger partial charge in [0.05, 0.1) is 0 Å². The quantitative estimate of drug-likeness (QED) is 0.758. The van der Waals surface area contributed by atoms with E-state index in [4.69, 9.17) is 0 Å². The van der Waals surface area contributed by atoms with Crippen molar-refractivity contribution in [3.8, 4) is 0 Å². The molecule has 6 nitrogen and oxygen atoms in total. The summed E-state index contributed by atoms with van der Waals surface area (Å²) >= 11 is 0. The van der Waals surface area contributed by atoms with E-state index in [1.165, 1.54) is 12.0 Å². The van der Waals surface area contributed by atoms with Crippen molar-refractivity contribution in [3.05, 3.63) is 30.1 Å². The second-order valence-electron chi connectivity index (χ2n) is 6.25. The zero-order chi connectivity index (χ0) is 16.1. The van der Waals surface area contributed by atoms with Crippen LogP contribution in [0.2, 0.25) is 0 Å². The second kappa shape index (κ2) is 7.55. The van der Waals surface area contributed by atoms with E-state index in [0.717, 1.165) is 25.9 Å². The van der Waals surface area contributed by atoms with Crippen LogP contribution in [-0.4, -0.2) is 71.3 Å². The van der Waals surface area contributed by atoms with Gasteiger partial charge < -0.3 is 9.80 Å². The number of carbonyl (C=O) groups is 2. The highest BCUT2D eigenvalue weighted by Gasteiger charge is 2.27. The lowest BCUT2D eigenvalue weighted by molar-refractivity contribution is -0.135. The van der Waals surface area contributed by atoms with Gasteiger partial charge in [0, 0.05) is 57.6 Å². The van der Waals surface area contributed by atoms with Gasteiger partial charge in [0.25, 0.3) is 0 Å². The van der Waals surface area contributed by atoms with Crippen molar-refractivity contribution in [2.45, 2.75) is 25.3 Å². The monoisotopic (exact) mass is 316 g/mol. The second-order valence-corrected chi connectivity index (χ2v) is 6.25. The predicted molar refractivity (Wildman–Crippen MR) is 86.6 cm³/mol. The zero-order valence-electron chi connectivity index (χ0n) is 13.4. The van der Waals surface area contributed by atoms with Crippen LogP contribution in [0.3, 0.4) is 0 Å². The number of nitrogens with zero attached hydrogens (tertiary/aromatic N) is 4. The summed E-state index contributed by atoms with van der Waals surface area (Å²) in [5.41, 5.74) is 1.25. The minimum absolute atomic E-state index is 0.201. The molecule has 124 valence electrons. The molecule has 2 fully saturated rings. The number of amides is 2. The number of pyridine rings is 1. The summed E-state index contributed by atoms with van der Waals surface area (Å²) in [6.45, 7) is 4.46. The van der Waals surface area contributed by atoms with Crippen LogP contribution in [0.5, 0.6) is 0 Å². The van der Waals surface area contributed by atoms with Crippen LogP contribution in [0.25, 0.3) is 0 Å². The van der Waals surface area contributed by atoms with Crippen molar-refractivity contribution in [2.24, 2.45) is 0 Å². The lowest BCUT2D eigenvalue weighted by Crippen LogP contribution is -2.48. The third-order valence-electron chi connectivity index (χ3n) is 4.86. The highest BCUT2D eigenvalue weighted by Crippen LogP contribution is 2.31. The zero-order valence-corrected chi connectivity index (χ0v) is 13.4. The SMILES string of the molecule is O=CN1CCN(C(=O)CCN2CCC[C@@H]2c2cccnc2)CC1. The van der Waals surface area contributed by atoms with Gasteiger partial charge in [-0.3, -0.25) is 19.5 Å². The Bertz CT molecular complexity index is 529. The Labute approximate surface area is 137 Å². The normalized spacial score (nSPS) is 22.3. The number of carbonyl (C=O) groups excluding carboxylic acids is 2. The lowest BCUT2D eigenvalue weighted by atomic mass is 10.1. The molecule has 0 aliphatic carbocycles. The third kappa shape index (κ3) is 3.88. The molecule has 23 heavy (non-hydrogen) atoms. The molecule has 1 aromatic rings. The molecule has 6 heteroatoms. The van der Waals surface area contributed by atoms with Gasteiger partial charge in [0.2, 0.25) is 12.3 Å². The van der Waals surface area contributed by atoms with Crippen molar-refractivity contribution in [1.82, 2.24) is 19.7 Å². The largest absolute Gasteiger partial charge is 0.342 e. The van der Waals surface area contributed by atoms with Crippen LogP contribution in [0, 0.1) is 0 Å². The molecular formula is C17H24N4O2. The summed E-state index contributed by atoms with van der Waals surface area (Å²) in [6.07, 6.45) is 7.46. The molecule has 3 rings (SSSR count). The topological polar surface area (TPSA) is 56.8 Å². The molecule has 2 amide bonds. The van der Waals surface area contributed by atoms with Crippen LogP contribution >= 0.6 is 0 Å². The number of hydrogen-bond acceptors (Lipinski definition) is 4. The van der Waals surface area contributed by atoms with Gasteiger partial charge in [0.1, 0.15) is 0 Å². The number of aromatic nitrogens is 1. The van der Waals surface area contributed by atoms with Crippen molar-refractivity contribution in [2.75, 3.05) is 39.3 Å². The number of rotatable bonds is 5. The Morgan fingerprint density at radius 2 is 2.09 bits per heavy atom. The Morgan fingerprint density at radius 1 is 1.26 bits per heavy atom. The van der Waals surface area contributed by atoms with Gasteiger partial charge in [-0.1, -0.05) is 6.07 Å². The van der Waals surface area contributed by atoms with E-state index >= 15 is 0 Å². The van der Waals surface area contributed by atoms with Crippen LogP contribution in [0.15, 0.2) is 24.5 Å².